The van der Waals surface area contributed by atoms with Crippen LogP contribution in [0, 0.1) is 5.92 Å². The third kappa shape index (κ3) is 5.74. The van der Waals surface area contributed by atoms with Crippen LogP contribution in [0.4, 0.5) is 10.5 Å². The summed E-state index contributed by atoms with van der Waals surface area (Å²) in [5, 5.41) is 5.90. The normalized spacial score (nSPS) is 16.0. The summed E-state index contributed by atoms with van der Waals surface area (Å²) in [6.07, 6.45) is 1.43. The average Bonchev–Trinajstić information content (AvgIpc) is 2.75. The fraction of sp³-hybridized carbons (Fsp3) is 0.391. The number of halogens is 1. The van der Waals surface area contributed by atoms with E-state index in [1.54, 1.807) is 18.2 Å². The number of nitrogens with one attached hydrogen (secondary N) is 2. The number of hydrogen-bond donors (Lipinski definition) is 2. The number of rotatable bonds is 6. The Kier molecular flexibility index (Phi) is 7.71. The smallest absolute Gasteiger partial charge is 0.325 e. The van der Waals surface area contributed by atoms with Crippen molar-refractivity contribution in [3.63, 3.8) is 0 Å². The van der Waals surface area contributed by atoms with Crippen LogP contribution in [0.1, 0.15) is 38.3 Å². The van der Waals surface area contributed by atoms with Gasteiger partial charge in [-0.25, -0.2) is 4.79 Å². The lowest BCUT2D eigenvalue weighted by Crippen LogP contribution is -2.44. The quantitative estimate of drug-likeness (QED) is 0.687. The van der Waals surface area contributed by atoms with E-state index in [-0.39, 0.29) is 17.9 Å². The van der Waals surface area contributed by atoms with Crippen LogP contribution in [0.25, 0.3) is 0 Å². The SMILES string of the molecule is CCOc1ccccc1NC(=O)NC(=O)C1CCN(C(C)c2ccc(Cl)cc2)CC1. The number of imide groups is 1. The van der Waals surface area contributed by atoms with E-state index >= 15 is 0 Å². The number of carbonyl (C=O) groups is 2. The first-order valence-corrected chi connectivity index (χ1v) is 10.7. The van der Waals surface area contributed by atoms with Crippen molar-refractivity contribution in [2.24, 2.45) is 5.92 Å². The Balaban J connectivity index is 1.49. The summed E-state index contributed by atoms with van der Waals surface area (Å²) in [5.41, 5.74) is 1.74. The molecule has 3 rings (SSSR count). The number of para-hydroxylation sites is 2. The summed E-state index contributed by atoms with van der Waals surface area (Å²) in [6.45, 7) is 6.13. The molecule has 7 heteroatoms. The summed E-state index contributed by atoms with van der Waals surface area (Å²) in [5.74, 6) is 0.166. The molecule has 1 aliphatic rings. The second-order valence-electron chi connectivity index (χ2n) is 7.41. The number of urea groups is 1. The maximum absolute atomic E-state index is 12.6. The first-order valence-electron chi connectivity index (χ1n) is 10.3. The zero-order valence-corrected chi connectivity index (χ0v) is 18.1. The lowest BCUT2D eigenvalue weighted by molar-refractivity contribution is -0.125. The Bertz CT molecular complexity index is 864. The lowest BCUT2D eigenvalue weighted by atomic mass is 9.94. The molecule has 0 saturated carbocycles. The maximum atomic E-state index is 12.6. The minimum atomic E-state index is -0.538. The van der Waals surface area contributed by atoms with Crippen molar-refractivity contribution in [3.8, 4) is 5.75 Å². The van der Waals surface area contributed by atoms with Crippen LogP contribution < -0.4 is 15.4 Å². The van der Waals surface area contributed by atoms with Gasteiger partial charge >= 0.3 is 6.03 Å². The van der Waals surface area contributed by atoms with Crippen molar-refractivity contribution in [3.05, 3.63) is 59.1 Å². The first-order chi connectivity index (χ1) is 14.5. The van der Waals surface area contributed by atoms with Gasteiger partial charge in [0.2, 0.25) is 5.91 Å². The van der Waals surface area contributed by atoms with Crippen LogP contribution in [-0.4, -0.2) is 36.5 Å². The Morgan fingerprint density at radius 2 is 1.80 bits per heavy atom. The Labute approximate surface area is 182 Å². The first kappa shape index (κ1) is 22.1. The van der Waals surface area contributed by atoms with Crippen LogP contribution >= 0.6 is 11.6 Å². The van der Waals surface area contributed by atoms with E-state index in [2.05, 4.69) is 22.5 Å². The summed E-state index contributed by atoms with van der Waals surface area (Å²) in [7, 11) is 0. The van der Waals surface area contributed by atoms with Gasteiger partial charge in [0.1, 0.15) is 5.75 Å². The molecule has 6 nitrogen and oxygen atoms in total. The Hall–Kier alpha value is -2.57. The van der Waals surface area contributed by atoms with Gasteiger partial charge in [-0.3, -0.25) is 15.0 Å². The largest absolute Gasteiger partial charge is 0.492 e. The van der Waals surface area contributed by atoms with Crippen molar-refractivity contribution in [1.82, 2.24) is 10.2 Å². The van der Waals surface area contributed by atoms with Gasteiger partial charge in [0.15, 0.2) is 0 Å². The van der Waals surface area contributed by atoms with Gasteiger partial charge in [0.25, 0.3) is 0 Å². The molecule has 0 aromatic heterocycles. The van der Waals surface area contributed by atoms with Crippen LogP contribution in [0.3, 0.4) is 0 Å². The van der Waals surface area contributed by atoms with E-state index in [1.807, 2.05) is 37.3 Å². The van der Waals surface area contributed by atoms with Crippen LogP contribution in [0.15, 0.2) is 48.5 Å². The van der Waals surface area contributed by atoms with Crippen molar-refractivity contribution in [2.45, 2.75) is 32.7 Å². The Morgan fingerprint density at radius 3 is 2.47 bits per heavy atom. The maximum Gasteiger partial charge on any atom is 0.325 e. The molecule has 3 amide bonds. The number of piperidine rings is 1. The standard InChI is InChI=1S/C23H28ClN3O3/c1-3-30-21-7-5-4-6-20(21)25-23(29)26-22(28)18-12-14-27(15-13-18)16(2)17-8-10-19(24)11-9-17/h4-11,16,18H,3,12-15H2,1-2H3,(H2,25,26,28,29). The van der Waals surface area contributed by atoms with Gasteiger partial charge < -0.3 is 10.1 Å². The summed E-state index contributed by atoms with van der Waals surface area (Å²) in [4.78, 5) is 27.2. The van der Waals surface area contributed by atoms with Crippen LogP contribution in [0.5, 0.6) is 5.75 Å². The number of nitrogens with zero attached hydrogens (tertiary/aromatic N) is 1. The fourth-order valence-electron chi connectivity index (χ4n) is 3.72. The minimum absolute atomic E-state index is 0.174. The summed E-state index contributed by atoms with van der Waals surface area (Å²) in [6, 6.07) is 14.7. The topological polar surface area (TPSA) is 70.7 Å². The molecule has 1 aliphatic heterocycles. The summed E-state index contributed by atoms with van der Waals surface area (Å²) < 4.78 is 5.50. The highest BCUT2D eigenvalue weighted by Gasteiger charge is 2.28. The number of benzene rings is 2. The second kappa shape index (κ2) is 10.5. The molecule has 0 radical (unpaired) electrons. The molecule has 1 saturated heterocycles. The third-order valence-electron chi connectivity index (χ3n) is 5.47. The summed E-state index contributed by atoms with van der Waals surface area (Å²) >= 11 is 5.98. The van der Waals surface area contributed by atoms with E-state index in [0.29, 0.717) is 30.9 Å². The van der Waals surface area contributed by atoms with Crippen molar-refractivity contribution in [1.29, 1.82) is 0 Å². The number of anilines is 1. The molecule has 2 aromatic rings. The van der Waals surface area contributed by atoms with Gasteiger partial charge in [-0.2, -0.15) is 0 Å². The molecule has 1 unspecified atom stereocenters. The van der Waals surface area contributed by atoms with Gasteiger partial charge in [-0.1, -0.05) is 35.9 Å². The molecule has 30 heavy (non-hydrogen) atoms. The van der Waals surface area contributed by atoms with Gasteiger partial charge in [-0.15, -0.1) is 0 Å². The monoisotopic (exact) mass is 429 g/mol. The zero-order chi connectivity index (χ0) is 21.5. The third-order valence-corrected chi connectivity index (χ3v) is 5.72. The zero-order valence-electron chi connectivity index (χ0n) is 17.4. The molecule has 160 valence electrons. The van der Waals surface area contributed by atoms with E-state index in [4.69, 9.17) is 16.3 Å². The van der Waals surface area contributed by atoms with E-state index in [9.17, 15) is 9.59 Å². The molecule has 2 N–H and O–H groups in total. The molecule has 0 spiro atoms. The number of hydrogen-bond acceptors (Lipinski definition) is 4. The Morgan fingerprint density at radius 1 is 1.13 bits per heavy atom. The molecular formula is C23H28ClN3O3. The van der Waals surface area contributed by atoms with Gasteiger partial charge in [0.05, 0.1) is 12.3 Å². The van der Waals surface area contributed by atoms with E-state index in [1.165, 1.54) is 5.56 Å². The minimum Gasteiger partial charge on any atom is -0.492 e. The van der Waals surface area contributed by atoms with Crippen molar-refractivity contribution >= 4 is 29.2 Å². The fourth-order valence-corrected chi connectivity index (χ4v) is 3.85. The molecule has 0 aliphatic carbocycles. The van der Waals surface area contributed by atoms with Crippen LogP contribution in [-0.2, 0) is 4.79 Å². The van der Waals surface area contributed by atoms with Gasteiger partial charge in [-0.05, 0) is 69.6 Å². The molecule has 2 aromatic carbocycles. The highest BCUT2D eigenvalue weighted by Crippen LogP contribution is 2.28. The average molecular weight is 430 g/mol. The lowest BCUT2D eigenvalue weighted by Gasteiger charge is -2.35. The second-order valence-corrected chi connectivity index (χ2v) is 7.85. The molecule has 1 fully saturated rings. The predicted molar refractivity (Wildman–Crippen MR) is 119 cm³/mol. The van der Waals surface area contributed by atoms with Crippen molar-refractivity contribution < 1.29 is 14.3 Å². The van der Waals surface area contributed by atoms with E-state index < -0.39 is 6.03 Å². The predicted octanol–water partition coefficient (Wildman–Crippen LogP) is 4.86. The van der Waals surface area contributed by atoms with E-state index in [0.717, 1.165) is 18.1 Å². The highest BCUT2D eigenvalue weighted by atomic mass is 35.5. The number of amides is 3. The number of likely N-dealkylation sites (tertiary alicyclic amines) is 1. The number of carbonyl (C=O) groups excluding carboxylic acids is 2. The van der Waals surface area contributed by atoms with Gasteiger partial charge in [0, 0.05) is 17.0 Å². The molecular weight excluding hydrogens is 402 g/mol. The molecule has 0 bridgehead atoms. The van der Waals surface area contributed by atoms with Crippen LogP contribution in [0.2, 0.25) is 5.02 Å². The molecule has 1 atom stereocenters. The van der Waals surface area contributed by atoms with Crippen molar-refractivity contribution in [2.75, 3.05) is 25.0 Å². The highest BCUT2D eigenvalue weighted by molar-refractivity contribution is 6.30. The molecule has 1 heterocycles. The number of ether oxygens (including phenoxy) is 1.